The normalized spacial score (nSPS) is 18.5. The number of hydrogen-bond donors (Lipinski definition) is 2. The minimum absolute atomic E-state index is 0.106. The van der Waals surface area contributed by atoms with Crippen molar-refractivity contribution in [2.45, 2.75) is 25.6 Å². The summed E-state index contributed by atoms with van der Waals surface area (Å²) in [6.45, 7) is 6.22. The number of ether oxygens (including phenoxy) is 2. The number of pyridine rings is 1. The molecular weight excluding hydrogens is 523 g/mol. The Morgan fingerprint density at radius 1 is 0.921 bits per heavy atom. The van der Waals surface area contributed by atoms with Crippen LogP contribution >= 0.6 is 23.5 Å². The van der Waals surface area contributed by atoms with Crippen molar-refractivity contribution in [1.82, 2.24) is 9.88 Å². The molecule has 6 rings (SSSR count). The fraction of sp³-hybridized carbons (Fsp3) is 0.393. The van der Waals surface area contributed by atoms with Crippen molar-refractivity contribution in [3.8, 4) is 11.3 Å². The Bertz CT molecular complexity index is 1340. The Balaban J connectivity index is 1.22. The first-order valence-electron chi connectivity index (χ1n) is 13.0. The molecule has 3 aromatic rings. The van der Waals surface area contributed by atoms with E-state index in [1.807, 2.05) is 12.1 Å². The number of aromatic amines is 1. The van der Waals surface area contributed by atoms with Crippen molar-refractivity contribution in [2.75, 3.05) is 76.0 Å². The molecule has 0 spiro atoms. The second kappa shape index (κ2) is 11.7. The van der Waals surface area contributed by atoms with Crippen LogP contribution in [-0.2, 0) is 9.47 Å². The van der Waals surface area contributed by atoms with Gasteiger partial charge in [0, 0.05) is 75.3 Å². The summed E-state index contributed by atoms with van der Waals surface area (Å²) in [4.78, 5) is 24.7. The lowest BCUT2D eigenvalue weighted by Gasteiger charge is -2.30. The van der Waals surface area contributed by atoms with E-state index in [0.717, 1.165) is 68.4 Å². The highest BCUT2D eigenvalue weighted by molar-refractivity contribution is 8.05. The summed E-state index contributed by atoms with van der Waals surface area (Å²) in [7, 11) is 0. The van der Waals surface area contributed by atoms with Crippen LogP contribution in [0, 0.1) is 0 Å². The molecule has 2 saturated heterocycles. The summed E-state index contributed by atoms with van der Waals surface area (Å²) in [5, 5.41) is 3.40. The average molecular weight is 555 g/mol. The molecule has 200 valence electrons. The molecule has 38 heavy (non-hydrogen) atoms. The summed E-state index contributed by atoms with van der Waals surface area (Å²) in [5.74, 6) is 0. The highest BCUT2D eigenvalue weighted by atomic mass is 32.2. The zero-order chi connectivity index (χ0) is 25.9. The molecule has 0 bridgehead atoms. The predicted octanol–water partition coefficient (Wildman–Crippen LogP) is 4.58. The Kier molecular flexibility index (Phi) is 7.94. The zero-order valence-corrected chi connectivity index (χ0v) is 22.7. The number of anilines is 2. The van der Waals surface area contributed by atoms with Gasteiger partial charge in [0.1, 0.15) is 6.67 Å². The molecule has 0 aliphatic carbocycles. The quantitative estimate of drug-likeness (QED) is 0.344. The number of rotatable bonds is 7. The van der Waals surface area contributed by atoms with Gasteiger partial charge in [0.05, 0.1) is 38.2 Å². The highest BCUT2D eigenvalue weighted by Crippen LogP contribution is 2.52. The van der Waals surface area contributed by atoms with Crippen LogP contribution in [-0.4, -0.2) is 81.8 Å². The molecule has 0 saturated carbocycles. The topological polar surface area (TPSA) is 69.8 Å². The highest BCUT2D eigenvalue weighted by Gasteiger charge is 2.23. The number of morpholine rings is 2. The van der Waals surface area contributed by atoms with E-state index in [2.05, 4.69) is 50.4 Å². The molecule has 3 aliphatic rings. The standard InChI is InChI=1S/C28H31FN4O3S2/c29-17-20(18-32-6-10-35-11-7-32)30-19-4-5-24-26(14-19)37-25-3-1-2-22(28(25)38-24)23-15-21(16-27(34)31-23)33-8-12-36-13-9-33/h1-5,14-16,20,30H,6-13,17-18H2,(H,31,34). The summed E-state index contributed by atoms with van der Waals surface area (Å²) < 4.78 is 24.7. The SMILES string of the molecule is O=c1cc(N2CCOCC2)cc(-c2cccc3c2Sc2ccc(NC(CF)CN4CCOCC4)cc2S3)[nH]1. The van der Waals surface area contributed by atoms with Crippen LogP contribution in [0.25, 0.3) is 11.3 Å². The van der Waals surface area contributed by atoms with Crippen molar-refractivity contribution in [3.63, 3.8) is 0 Å². The number of hydrogen-bond acceptors (Lipinski definition) is 8. The number of alkyl halides is 1. The lowest BCUT2D eigenvalue weighted by atomic mass is 10.1. The van der Waals surface area contributed by atoms with E-state index in [1.165, 1.54) is 0 Å². The van der Waals surface area contributed by atoms with E-state index in [4.69, 9.17) is 9.47 Å². The average Bonchev–Trinajstić information content (AvgIpc) is 2.96. The number of aromatic nitrogens is 1. The van der Waals surface area contributed by atoms with Gasteiger partial charge in [-0.15, -0.1) is 0 Å². The maximum Gasteiger partial charge on any atom is 0.250 e. The van der Waals surface area contributed by atoms with Crippen molar-refractivity contribution < 1.29 is 13.9 Å². The fourth-order valence-corrected chi connectivity index (χ4v) is 7.46. The molecule has 7 nitrogen and oxygen atoms in total. The first-order chi connectivity index (χ1) is 18.7. The van der Waals surface area contributed by atoms with Crippen molar-refractivity contribution in [1.29, 1.82) is 0 Å². The van der Waals surface area contributed by atoms with E-state index in [0.29, 0.717) is 33.0 Å². The number of H-pyrrole nitrogens is 1. The van der Waals surface area contributed by atoms with Gasteiger partial charge in [0.2, 0.25) is 5.56 Å². The van der Waals surface area contributed by atoms with Gasteiger partial charge in [0.15, 0.2) is 0 Å². The Morgan fingerprint density at radius 2 is 1.71 bits per heavy atom. The van der Waals surface area contributed by atoms with Gasteiger partial charge >= 0.3 is 0 Å². The Hall–Kier alpha value is -2.50. The third kappa shape index (κ3) is 5.74. The van der Waals surface area contributed by atoms with Crippen molar-refractivity contribution in [3.05, 3.63) is 58.9 Å². The lowest BCUT2D eigenvalue weighted by molar-refractivity contribution is 0.0352. The van der Waals surface area contributed by atoms with Crippen LogP contribution in [0.15, 0.2) is 72.9 Å². The molecule has 2 fully saturated rings. The van der Waals surface area contributed by atoms with Crippen LogP contribution in [0.3, 0.4) is 0 Å². The zero-order valence-electron chi connectivity index (χ0n) is 21.1. The molecular formula is C28H31FN4O3S2. The van der Waals surface area contributed by atoms with Gasteiger partial charge in [-0.1, -0.05) is 35.7 Å². The van der Waals surface area contributed by atoms with Gasteiger partial charge in [-0.3, -0.25) is 9.69 Å². The number of benzene rings is 2. The molecule has 1 aromatic heterocycles. The lowest BCUT2D eigenvalue weighted by Crippen LogP contribution is -2.44. The third-order valence-corrected chi connectivity index (χ3v) is 9.59. The van der Waals surface area contributed by atoms with Gasteiger partial charge in [-0.2, -0.15) is 0 Å². The molecule has 2 N–H and O–H groups in total. The predicted molar refractivity (Wildman–Crippen MR) is 151 cm³/mol. The van der Waals surface area contributed by atoms with E-state index in [9.17, 15) is 9.18 Å². The second-order valence-corrected chi connectivity index (χ2v) is 11.8. The molecule has 3 aliphatic heterocycles. The van der Waals surface area contributed by atoms with Crippen LogP contribution in [0.2, 0.25) is 0 Å². The van der Waals surface area contributed by atoms with Crippen LogP contribution < -0.4 is 15.8 Å². The Labute approximate surface area is 230 Å². The van der Waals surface area contributed by atoms with Crippen LogP contribution in [0.1, 0.15) is 0 Å². The fourth-order valence-electron chi connectivity index (χ4n) is 5.05. The molecule has 4 heterocycles. The number of nitrogens with one attached hydrogen (secondary N) is 2. The maximum atomic E-state index is 13.9. The molecule has 0 radical (unpaired) electrons. The van der Waals surface area contributed by atoms with E-state index in [-0.39, 0.29) is 11.6 Å². The monoisotopic (exact) mass is 554 g/mol. The Morgan fingerprint density at radius 3 is 2.50 bits per heavy atom. The maximum absolute atomic E-state index is 13.9. The first kappa shape index (κ1) is 25.8. The van der Waals surface area contributed by atoms with E-state index in [1.54, 1.807) is 29.6 Å². The molecule has 2 aromatic carbocycles. The minimum Gasteiger partial charge on any atom is -0.379 e. The molecule has 0 amide bonds. The molecule has 1 unspecified atom stereocenters. The van der Waals surface area contributed by atoms with Gasteiger partial charge < -0.3 is 24.7 Å². The van der Waals surface area contributed by atoms with Gasteiger partial charge in [-0.25, -0.2) is 4.39 Å². The second-order valence-electron chi connectivity index (χ2n) is 9.62. The van der Waals surface area contributed by atoms with Gasteiger partial charge in [0.25, 0.3) is 0 Å². The molecule has 1 atom stereocenters. The van der Waals surface area contributed by atoms with E-state index >= 15 is 0 Å². The smallest absolute Gasteiger partial charge is 0.250 e. The van der Waals surface area contributed by atoms with E-state index < -0.39 is 6.67 Å². The van der Waals surface area contributed by atoms with Crippen molar-refractivity contribution >= 4 is 34.9 Å². The van der Waals surface area contributed by atoms with Gasteiger partial charge in [-0.05, 0) is 30.3 Å². The summed E-state index contributed by atoms with van der Waals surface area (Å²) >= 11 is 3.42. The largest absolute Gasteiger partial charge is 0.379 e. The van der Waals surface area contributed by atoms with Crippen LogP contribution in [0.4, 0.5) is 15.8 Å². The number of halogens is 1. The first-order valence-corrected chi connectivity index (χ1v) is 14.6. The minimum atomic E-state index is -0.426. The number of fused-ring (bicyclic) bond motifs is 2. The summed E-state index contributed by atoms with van der Waals surface area (Å²) in [5.41, 5.74) is 3.58. The summed E-state index contributed by atoms with van der Waals surface area (Å²) in [6.07, 6.45) is 0. The molecule has 10 heteroatoms. The van der Waals surface area contributed by atoms with Crippen molar-refractivity contribution in [2.24, 2.45) is 0 Å². The summed E-state index contributed by atoms with van der Waals surface area (Å²) in [6, 6.07) is 15.9. The van der Waals surface area contributed by atoms with Crippen LogP contribution in [0.5, 0.6) is 0 Å². The number of nitrogens with zero attached hydrogens (tertiary/aromatic N) is 2. The third-order valence-electron chi connectivity index (χ3n) is 6.99.